The third-order valence-electron chi connectivity index (χ3n) is 8.15. The van der Waals surface area contributed by atoms with Gasteiger partial charge in [-0.3, -0.25) is 0 Å². The smallest absolute Gasteiger partial charge is 0.164 e. The first-order valence-electron chi connectivity index (χ1n) is 14.5. The largest absolute Gasteiger partial charge is 0.208 e. The first kappa shape index (κ1) is 25.3. The van der Waals surface area contributed by atoms with E-state index in [0.29, 0.717) is 17.5 Å². The van der Waals surface area contributed by atoms with Gasteiger partial charge in [-0.25, -0.2) is 15.0 Å². The number of rotatable bonds is 4. The predicted octanol–water partition coefficient (Wildman–Crippen LogP) is 11.3. The summed E-state index contributed by atoms with van der Waals surface area (Å²) in [7, 11) is 0. The average Bonchev–Trinajstić information content (AvgIpc) is 3.66. The van der Waals surface area contributed by atoms with Gasteiger partial charge in [0.25, 0.3) is 0 Å². The highest BCUT2D eigenvalue weighted by Gasteiger charge is 2.15. The number of hydrogen-bond donors (Lipinski definition) is 0. The molecule has 6 aromatic carbocycles. The Labute approximate surface area is 261 Å². The molecule has 0 bridgehead atoms. The Morgan fingerprint density at radius 3 is 1.55 bits per heavy atom. The van der Waals surface area contributed by atoms with Gasteiger partial charge in [0.05, 0.1) is 0 Å². The van der Waals surface area contributed by atoms with E-state index in [-0.39, 0.29) is 0 Å². The summed E-state index contributed by atoms with van der Waals surface area (Å²) in [6, 6.07) is 49.1. The lowest BCUT2D eigenvalue weighted by molar-refractivity contribution is 1.07. The second-order valence-electron chi connectivity index (χ2n) is 10.8. The van der Waals surface area contributed by atoms with E-state index in [9.17, 15) is 0 Å². The zero-order valence-corrected chi connectivity index (χ0v) is 25.1. The van der Waals surface area contributed by atoms with Crippen molar-refractivity contribution < 1.29 is 0 Å². The molecule has 0 aliphatic heterocycles. The van der Waals surface area contributed by atoms with Gasteiger partial charge in [-0.2, -0.15) is 0 Å². The molecule has 0 aliphatic carbocycles. The topological polar surface area (TPSA) is 38.7 Å². The van der Waals surface area contributed by atoms with E-state index < -0.39 is 0 Å². The van der Waals surface area contributed by atoms with Gasteiger partial charge in [0.2, 0.25) is 0 Å². The second kappa shape index (κ2) is 10.2. The lowest BCUT2D eigenvalue weighted by Crippen LogP contribution is -1.99. The molecule has 0 unspecified atom stereocenters. The summed E-state index contributed by atoms with van der Waals surface area (Å²) in [5.41, 5.74) is 5.46. The summed E-state index contributed by atoms with van der Waals surface area (Å²) >= 11 is 3.70. The van der Waals surface area contributed by atoms with Crippen LogP contribution in [0.2, 0.25) is 0 Å². The van der Waals surface area contributed by atoms with Crippen molar-refractivity contribution in [2.45, 2.75) is 0 Å². The van der Waals surface area contributed by atoms with Crippen LogP contribution in [0.5, 0.6) is 0 Å². The number of nitrogens with zero attached hydrogens (tertiary/aromatic N) is 3. The van der Waals surface area contributed by atoms with Crippen molar-refractivity contribution in [3.63, 3.8) is 0 Å². The highest BCUT2D eigenvalue weighted by Crippen LogP contribution is 2.42. The van der Waals surface area contributed by atoms with Crippen LogP contribution in [0.4, 0.5) is 0 Å². The normalized spacial score (nSPS) is 11.6. The van der Waals surface area contributed by atoms with Gasteiger partial charge < -0.3 is 0 Å². The van der Waals surface area contributed by atoms with E-state index in [1.54, 1.807) is 0 Å². The van der Waals surface area contributed by atoms with Gasteiger partial charge >= 0.3 is 0 Å². The van der Waals surface area contributed by atoms with Crippen molar-refractivity contribution in [2.75, 3.05) is 0 Å². The molecule has 206 valence electrons. The van der Waals surface area contributed by atoms with Crippen LogP contribution in [-0.2, 0) is 0 Å². The standard InChI is InChI=1S/C39H23N3S2/c1-3-10-24(11-4-1)37-40-38(25-12-5-2-6-13-25)42-39(41-37)27-19-21-31-30-20-18-26(22-34(30)43-35(31)23-27)28-15-9-16-32-29-14-7-8-17-33(29)44-36(28)32/h1-23H. The fourth-order valence-electron chi connectivity index (χ4n) is 6.00. The molecule has 3 heterocycles. The fourth-order valence-corrected chi connectivity index (χ4v) is 8.42. The maximum atomic E-state index is 4.94. The summed E-state index contributed by atoms with van der Waals surface area (Å²) in [5.74, 6) is 2.02. The summed E-state index contributed by atoms with van der Waals surface area (Å²) in [6.45, 7) is 0. The van der Waals surface area contributed by atoms with Crippen LogP contribution in [-0.4, -0.2) is 15.0 Å². The minimum atomic E-state index is 0.672. The molecule has 0 fully saturated rings. The monoisotopic (exact) mass is 597 g/mol. The molecule has 0 spiro atoms. The molecule has 0 N–H and O–H groups in total. The molecule has 0 amide bonds. The summed E-state index contributed by atoms with van der Waals surface area (Å²) in [6.07, 6.45) is 0. The van der Waals surface area contributed by atoms with Crippen LogP contribution < -0.4 is 0 Å². The van der Waals surface area contributed by atoms with E-state index in [2.05, 4.69) is 78.9 Å². The molecule has 0 saturated carbocycles. The van der Waals surface area contributed by atoms with Gasteiger partial charge in [0.1, 0.15) is 0 Å². The Balaban J connectivity index is 1.17. The van der Waals surface area contributed by atoms with Crippen molar-refractivity contribution in [1.82, 2.24) is 15.0 Å². The molecule has 9 rings (SSSR count). The number of thiophene rings is 2. The second-order valence-corrected chi connectivity index (χ2v) is 13.0. The average molecular weight is 598 g/mol. The number of benzene rings is 6. The van der Waals surface area contributed by atoms with Gasteiger partial charge in [-0.1, -0.05) is 121 Å². The third-order valence-corrected chi connectivity index (χ3v) is 10.5. The van der Waals surface area contributed by atoms with E-state index in [4.69, 9.17) is 15.0 Å². The quantitative estimate of drug-likeness (QED) is 0.203. The number of hydrogen-bond acceptors (Lipinski definition) is 5. The third kappa shape index (κ3) is 4.21. The summed E-state index contributed by atoms with van der Waals surface area (Å²) in [4.78, 5) is 14.7. The molecular formula is C39H23N3S2. The van der Waals surface area contributed by atoms with E-state index >= 15 is 0 Å². The van der Waals surface area contributed by atoms with E-state index in [1.807, 2.05) is 83.3 Å². The minimum Gasteiger partial charge on any atom is -0.208 e. The van der Waals surface area contributed by atoms with Crippen LogP contribution in [0.3, 0.4) is 0 Å². The highest BCUT2D eigenvalue weighted by molar-refractivity contribution is 7.26. The van der Waals surface area contributed by atoms with Gasteiger partial charge in [0.15, 0.2) is 17.5 Å². The molecule has 0 saturated heterocycles. The maximum absolute atomic E-state index is 4.94. The Morgan fingerprint density at radius 2 is 0.864 bits per heavy atom. The highest BCUT2D eigenvalue weighted by atomic mass is 32.1. The molecule has 0 aliphatic rings. The first-order valence-corrected chi connectivity index (χ1v) is 16.2. The molecule has 3 nitrogen and oxygen atoms in total. The van der Waals surface area contributed by atoms with Crippen molar-refractivity contribution in [1.29, 1.82) is 0 Å². The van der Waals surface area contributed by atoms with Crippen LogP contribution in [0.25, 0.3) is 85.6 Å². The lowest BCUT2D eigenvalue weighted by Gasteiger charge is -2.08. The Kier molecular flexibility index (Phi) is 5.86. The molecule has 5 heteroatoms. The van der Waals surface area contributed by atoms with Gasteiger partial charge in [-0.05, 0) is 29.3 Å². The molecule has 44 heavy (non-hydrogen) atoms. The van der Waals surface area contributed by atoms with E-state index in [0.717, 1.165) is 16.7 Å². The summed E-state index contributed by atoms with van der Waals surface area (Å²) < 4.78 is 5.17. The zero-order chi connectivity index (χ0) is 29.0. The number of aromatic nitrogens is 3. The molecular weight excluding hydrogens is 575 g/mol. The first-order chi connectivity index (χ1) is 21.8. The molecule has 0 atom stereocenters. The predicted molar refractivity (Wildman–Crippen MR) is 187 cm³/mol. The molecule has 9 aromatic rings. The Bertz CT molecular complexity index is 2440. The van der Waals surface area contributed by atoms with Gasteiger partial charge in [0, 0.05) is 57.0 Å². The molecule has 0 radical (unpaired) electrons. The SMILES string of the molecule is c1ccc(-c2nc(-c3ccccc3)nc(-c3ccc4c(c3)sc3cc(-c5cccc6c5sc5ccccc56)ccc34)n2)cc1. The van der Waals surface area contributed by atoms with Crippen molar-refractivity contribution in [3.05, 3.63) is 140 Å². The lowest BCUT2D eigenvalue weighted by atomic mass is 10.0. The minimum absolute atomic E-state index is 0.672. The van der Waals surface area contributed by atoms with Gasteiger partial charge in [-0.15, -0.1) is 22.7 Å². The Hall–Kier alpha value is -5.23. The maximum Gasteiger partial charge on any atom is 0.164 e. The van der Waals surface area contributed by atoms with Crippen LogP contribution in [0.1, 0.15) is 0 Å². The zero-order valence-electron chi connectivity index (χ0n) is 23.4. The Morgan fingerprint density at radius 1 is 0.341 bits per heavy atom. The number of fused-ring (bicyclic) bond motifs is 6. The van der Waals surface area contributed by atoms with Crippen LogP contribution in [0, 0.1) is 0 Å². The molecule has 3 aromatic heterocycles. The van der Waals surface area contributed by atoms with Crippen molar-refractivity contribution in [2.24, 2.45) is 0 Å². The van der Waals surface area contributed by atoms with Crippen molar-refractivity contribution >= 4 is 63.0 Å². The van der Waals surface area contributed by atoms with E-state index in [1.165, 1.54) is 51.5 Å². The van der Waals surface area contributed by atoms with Crippen LogP contribution >= 0.6 is 22.7 Å². The van der Waals surface area contributed by atoms with Crippen LogP contribution in [0.15, 0.2) is 140 Å². The van der Waals surface area contributed by atoms with Crippen molar-refractivity contribution in [3.8, 4) is 45.3 Å². The summed E-state index contributed by atoms with van der Waals surface area (Å²) in [5, 5.41) is 5.18. The fraction of sp³-hybridized carbons (Fsp3) is 0.